The van der Waals surface area contributed by atoms with Crippen LogP contribution >= 0.6 is 0 Å². The van der Waals surface area contributed by atoms with E-state index in [-0.39, 0.29) is 63.4 Å². The van der Waals surface area contributed by atoms with E-state index in [0.717, 1.165) is 6.07 Å². The van der Waals surface area contributed by atoms with E-state index < -0.39 is 54.1 Å². The zero-order valence-electron chi connectivity index (χ0n) is 30.6. The molecule has 3 aromatic carbocycles. The minimum absolute atomic E-state index is 0.00323. The number of halogens is 4. The Labute approximate surface area is 297 Å². The van der Waals surface area contributed by atoms with Crippen molar-refractivity contribution in [2.75, 3.05) is 39.0 Å². The van der Waals surface area contributed by atoms with Gasteiger partial charge >= 0.3 is 12.0 Å². The maximum Gasteiger partial charge on any atom is 0.313 e. The van der Waals surface area contributed by atoms with Gasteiger partial charge in [-0.2, -0.15) is 14.4 Å². The van der Waals surface area contributed by atoms with Crippen LogP contribution in [0, 0.1) is 40.4 Å². The van der Waals surface area contributed by atoms with Gasteiger partial charge in [0.05, 0.1) is 23.7 Å². The fourth-order valence-corrected chi connectivity index (χ4v) is 13.2. The van der Waals surface area contributed by atoms with Crippen molar-refractivity contribution in [2.24, 2.45) is 5.41 Å². The molecule has 4 aromatic rings. The third-order valence-corrected chi connectivity index (χ3v) is 16.7. The number of piperidine rings is 1. The van der Waals surface area contributed by atoms with Gasteiger partial charge in [0.2, 0.25) is 0 Å². The summed E-state index contributed by atoms with van der Waals surface area (Å²) in [5.41, 5.74) is 2.30. The number of hydrogen-bond donors (Lipinski definition) is 0. The molecule has 51 heavy (non-hydrogen) atoms. The molecule has 0 saturated carbocycles. The van der Waals surface area contributed by atoms with Gasteiger partial charge in [-0.1, -0.05) is 53.5 Å². The number of methoxy groups -OCH3 is 2. The lowest BCUT2D eigenvalue weighted by Crippen LogP contribution is -2.47. The minimum Gasteiger partial charge on any atom is -0.469 e. The van der Waals surface area contributed by atoms with Crippen molar-refractivity contribution in [3.05, 3.63) is 59.4 Å². The molecular weight excluding hydrogens is 679 g/mol. The molecule has 12 heteroatoms. The Kier molecular flexibility index (Phi) is 11.0. The molecule has 0 bridgehead atoms. The molecule has 0 aliphatic carbocycles. The third-order valence-electron chi connectivity index (χ3n) is 10.4. The number of fused-ring (bicyclic) bond motifs is 2. The Morgan fingerprint density at radius 3 is 2.29 bits per heavy atom. The lowest BCUT2D eigenvalue weighted by Gasteiger charge is -2.39. The van der Waals surface area contributed by atoms with E-state index in [1.807, 2.05) is 0 Å². The number of esters is 1. The average Bonchev–Trinajstić information content (AvgIpc) is 3.07. The molecule has 0 amide bonds. The molecule has 5 rings (SSSR count). The second-order valence-electron chi connectivity index (χ2n) is 14.5. The molecule has 272 valence electrons. The van der Waals surface area contributed by atoms with Crippen molar-refractivity contribution < 1.29 is 36.6 Å². The predicted molar refractivity (Wildman–Crippen MR) is 194 cm³/mol. The summed E-state index contributed by atoms with van der Waals surface area (Å²) in [6.07, 6.45) is -0.178. The first-order chi connectivity index (χ1) is 24.1. The highest BCUT2D eigenvalue weighted by Crippen LogP contribution is 2.44. The van der Waals surface area contributed by atoms with Gasteiger partial charge in [-0.3, -0.25) is 4.79 Å². The van der Waals surface area contributed by atoms with E-state index in [0.29, 0.717) is 24.8 Å². The highest BCUT2D eigenvalue weighted by atomic mass is 28.3. The van der Waals surface area contributed by atoms with Crippen molar-refractivity contribution in [1.82, 2.24) is 9.97 Å². The number of nitrogens with zero attached hydrogens (tertiary/aromatic N) is 3. The Morgan fingerprint density at radius 1 is 0.980 bits per heavy atom. The van der Waals surface area contributed by atoms with Gasteiger partial charge in [-0.25, -0.2) is 13.2 Å². The number of benzene rings is 3. The van der Waals surface area contributed by atoms with Crippen LogP contribution < -0.4 is 9.64 Å². The molecule has 0 N–H and O–H groups in total. The van der Waals surface area contributed by atoms with Crippen LogP contribution in [0.3, 0.4) is 0 Å². The summed E-state index contributed by atoms with van der Waals surface area (Å²) < 4.78 is 80.5. The Morgan fingerprint density at radius 2 is 1.67 bits per heavy atom. The fraction of sp³-hybridized carbons (Fsp3) is 0.462. The Bertz CT molecular complexity index is 2020. The van der Waals surface area contributed by atoms with Crippen LogP contribution in [-0.4, -0.2) is 58.1 Å². The van der Waals surface area contributed by atoms with Crippen molar-refractivity contribution in [2.45, 2.75) is 77.9 Å². The summed E-state index contributed by atoms with van der Waals surface area (Å²) in [4.78, 5) is 22.0. The quantitative estimate of drug-likeness (QED) is 0.0426. The summed E-state index contributed by atoms with van der Waals surface area (Å²) in [7, 11) is 0.361. The number of anilines is 1. The molecule has 1 aliphatic heterocycles. The van der Waals surface area contributed by atoms with Gasteiger partial charge in [-0.15, -0.1) is 5.54 Å². The monoisotopic (exact) mass is 723 g/mol. The summed E-state index contributed by atoms with van der Waals surface area (Å²) in [5, 5.41) is 0.537. The van der Waals surface area contributed by atoms with Crippen molar-refractivity contribution >= 4 is 41.5 Å². The zero-order chi connectivity index (χ0) is 37.4. The molecule has 1 atom stereocenters. The molecule has 1 aliphatic rings. The summed E-state index contributed by atoms with van der Waals surface area (Å²) in [6.45, 7) is 14.9. The van der Waals surface area contributed by atoms with Crippen LogP contribution in [0.5, 0.6) is 5.75 Å². The van der Waals surface area contributed by atoms with Gasteiger partial charge in [0.1, 0.15) is 36.8 Å². The van der Waals surface area contributed by atoms with Gasteiger partial charge < -0.3 is 19.1 Å². The highest BCUT2D eigenvalue weighted by Gasteiger charge is 2.42. The van der Waals surface area contributed by atoms with E-state index in [2.05, 4.69) is 63.0 Å². The van der Waals surface area contributed by atoms with E-state index in [1.165, 1.54) is 32.4 Å². The number of aromatic nitrogens is 2. The van der Waals surface area contributed by atoms with Crippen LogP contribution in [0.1, 0.15) is 66.9 Å². The van der Waals surface area contributed by atoms with Crippen LogP contribution in [0.15, 0.2) is 30.3 Å². The van der Waals surface area contributed by atoms with Crippen molar-refractivity contribution in [3.8, 4) is 28.3 Å². The minimum atomic E-state index is -2.36. The topological polar surface area (TPSA) is 73.8 Å². The van der Waals surface area contributed by atoms with E-state index in [1.54, 1.807) is 17.9 Å². The first-order valence-corrected chi connectivity index (χ1v) is 19.4. The van der Waals surface area contributed by atoms with Gasteiger partial charge in [0.15, 0.2) is 12.6 Å². The number of hydrogen-bond acceptors (Lipinski definition) is 7. The molecule has 1 aromatic heterocycles. The second-order valence-corrected chi connectivity index (χ2v) is 20.1. The number of carbonyl (C=O) groups excluding carboxylic acids is 1. The number of ether oxygens (including phenoxy) is 3. The zero-order valence-corrected chi connectivity index (χ0v) is 31.6. The lowest BCUT2D eigenvalue weighted by molar-refractivity contribution is -0.152. The average molecular weight is 724 g/mol. The summed E-state index contributed by atoms with van der Waals surface area (Å²) in [5.74, 6) is 0.0723. The van der Waals surface area contributed by atoms with Crippen molar-refractivity contribution in [3.63, 3.8) is 0 Å². The smallest absolute Gasteiger partial charge is 0.313 e. The SMILES string of the molecule is COCOc1cc(-c2c(F)cc3c(N4CCCC(C)(C(=O)OC)C4)nc(F)nc3c2F)c2c(C#C[Si](C(C)C)(C(C)C)C(C)C)c(F)ccc2c1. The summed E-state index contributed by atoms with van der Waals surface area (Å²) >= 11 is 0. The van der Waals surface area contributed by atoms with Gasteiger partial charge in [0.25, 0.3) is 0 Å². The summed E-state index contributed by atoms with van der Waals surface area (Å²) in [6, 6.07) is 6.87. The van der Waals surface area contributed by atoms with Gasteiger partial charge in [-0.05, 0) is 66.0 Å². The van der Waals surface area contributed by atoms with Crippen LogP contribution in [0.4, 0.5) is 23.4 Å². The molecular formula is C39H45F4N3O4Si. The number of rotatable bonds is 9. The first-order valence-electron chi connectivity index (χ1n) is 17.2. The second kappa shape index (κ2) is 14.8. The van der Waals surface area contributed by atoms with E-state index in [9.17, 15) is 4.79 Å². The van der Waals surface area contributed by atoms with E-state index in [4.69, 9.17) is 14.2 Å². The normalized spacial score (nSPS) is 16.7. The Balaban J connectivity index is 1.81. The van der Waals surface area contributed by atoms with Crippen molar-refractivity contribution in [1.29, 1.82) is 0 Å². The molecule has 2 heterocycles. The molecule has 7 nitrogen and oxygen atoms in total. The molecule has 0 spiro atoms. The third kappa shape index (κ3) is 6.90. The maximum atomic E-state index is 16.9. The lowest BCUT2D eigenvalue weighted by atomic mass is 9.82. The molecule has 1 saturated heterocycles. The molecule has 0 radical (unpaired) electrons. The van der Waals surface area contributed by atoms with Crippen LogP contribution in [0.2, 0.25) is 16.6 Å². The first kappa shape index (κ1) is 38.0. The maximum absolute atomic E-state index is 16.9. The molecule has 1 fully saturated rings. The fourth-order valence-electron chi connectivity index (χ4n) is 8.02. The Hall–Kier alpha value is -4.21. The van der Waals surface area contributed by atoms with Crippen LogP contribution in [-0.2, 0) is 14.3 Å². The standard InChI is InChI=1S/C39H45F4N3O4Si/c1-22(2)51(23(3)4,24(5)6)16-13-27-30(40)12-11-25-17-26(50-21-48-8)18-28(32(25)27)33-31(41)19-29-35(34(33)42)44-38(43)45-36(29)46-15-10-14-39(7,20-46)37(47)49-9/h11-12,17-19,22-24H,10,14-15,20-21H2,1-9H3. The number of carbonyl (C=O) groups is 1. The van der Waals surface area contributed by atoms with Gasteiger partial charge in [0, 0.05) is 36.5 Å². The van der Waals surface area contributed by atoms with E-state index >= 15 is 17.6 Å². The largest absolute Gasteiger partial charge is 0.469 e. The molecule has 1 unspecified atom stereocenters. The predicted octanol–water partition coefficient (Wildman–Crippen LogP) is 9.34. The van der Waals surface area contributed by atoms with Crippen LogP contribution in [0.25, 0.3) is 32.8 Å². The highest BCUT2D eigenvalue weighted by molar-refractivity contribution is 6.90.